The predicted octanol–water partition coefficient (Wildman–Crippen LogP) is 24.9. The van der Waals surface area contributed by atoms with Gasteiger partial charge in [0.15, 0.2) is 0 Å². The summed E-state index contributed by atoms with van der Waals surface area (Å²) in [5, 5.41) is -14.3. The largest absolute Gasteiger partial charge is 0.0636 e. The lowest BCUT2D eigenvalue weighted by molar-refractivity contribution is 1.66. The zero-order chi connectivity index (χ0) is 107. The minimum Gasteiger partial charge on any atom is -0.0616 e. The quantitative estimate of drug-likeness (QED) is 0.146. The van der Waals surface area contributed by atoms with Crippen molar-refractivity contribution in [2.24, 2.45) is 0 Å². The molecule has 0 aliphatic rings. The summed E-state index contributed by atoms with van der Waals surface area (Å²) in [5.74, 6) is 0. The maximum absolute atomic E-state index is 9.81. The molecule has 0 radical (unpaired) electrons. The number of rotatable bonds is 6. The minimum absolute atomic E-state index is 0.574. The van der Waals surface area contributed by atoms with Crippen LogP contribution in [0.5, 0.6) is 0 Å². The van der Waals surface area contributed by atoms with Crippen LogP contribution in [0.15, 0.2) is 338 Å². The highest BCUT2D eigenvalue weighted by Crippen LogP contribution is 2.50. The Hall–Kier alpha value is -11.4. The fourth-order valence-electron chi connectivity index (χ4n) is 10.7. The summed E-state index contributed by atoms with van der Waals surface area (Å²) >= 11 is 0. The molecule has 0 atom stereocenters. The molecule has 408 valence electrons. The smallest absolute Gasteiger partial charge is 0.0616 e. The summed E-state index contributed by atoms with van der Waals surface area (Å²) in [6.07, 6.45) is 0. The Bertz CT molecular complexity index is 8590. The molecule has 18 aromatic carbocycles. The fourth-order valence-corrected chi connectivity index (χ4v) is 10.7. The maximum Gasteiger partial charge on any atom is 0.0636 e. The van der Waals surface area contributed by atoms with Crippen LogP contribution in [-0.2, 0) is 0 Å². The van der Waals surface area contributed by atoms with E-state index in [0.29, 0.717) is 0 Å². The SMILES string of the molecule is [2H]c1c([2H])c([2H])c2c([2H])c(-c3c([2H])c([2H])c(-c4c5c([2H])c([2H])c([2H])c([2H])c5c(-c5c([2H])c([2H])c([2H])c6c([2H])c([2H])c([2H])c([2H])c56)c5c([2H])c([2H])c([2H])c([2H])c45)c4c([2H])c([2H])c([2H])c([2H])c34)c([2H])c([2H])c2c1[2H].[2H]c1c([2H])c([2H])c2c([2H])c(-c3c([2H])c([2H])c(-c4c5c([2H])c([2H])c([2H])c([2H])c5c(-c5c([2H])c([2H])c([2H])c6c([2H])c([2H])c([2H])c([2H])c56)c5c([2H])c([2H])c([2H])c([2H])c45)c4c([2H])c([2H])c([2H])c([2H])c34)c([2H])c([2H])c2c1[2H]. The highest BCUT2D eigenvalue weighted by Gasteiger charge is 2.22. The summed E-state index contributed by atoms with van der Waals surface area (Å²) in [5.41, 5.74) is -9.35. The molecular weight excluding hydrogens is 1060 g/mol. The van der Waals surface area contributed by atoms with E-state index in [0.717, 1.165) is 0 Å². The van der Waals surface area contributed by atoms with Crippen molar-refractivity contribution in [3.8, 4) is 66.8 Å². The topological polar surface area (TPSA) is 0 Å². The third kappa shape index (κ3) is 8.45. The van der Waals surface area contributed by atoms with Crippen molar-refractivity contribution in [2.75, 3.05) is 0 Å². The van der Waals surface area contributed by atoms with Crippen molar-refractivity contribution in [3.63, 3.8) is 0 Å². The number of hydrogen-bond acceptors (Lipinski definition) is 0. The summed E-state index contributed by atoms with van der Waals surface area (Å²) in [6.45, 7) is 0. The zero-order valence-corrected chi connectivity index (χ0v) is 44.0. The van der Waals surface area contributed by atoms with Crippen LogP contribution in [0.1, 0.15) is 76.8 Å². The van der Waals surface area contributed by atoms with Gasteiger partial charge in [-0.25, -0.2) is 0 Å². The Morgan fingerprint density at radius 1 is 0.136 bits per heavy atom. The maximum atomic E-state index is 9.81. The molecule has 0 amide bonds. The molecule has 0 aliphatic heterocycles. The number of fused-ring (bicyclic) bond motifs is 10. The lowest BCUT2D eigenvalue weighted by Gasteiger charge is -2.20. The van der Waals surface area contributed by atoms with Gasteiger partial charge in [-0.05, 0) is 187 Å². The van der Waals surface area contributed by atoms with Gasteiger partial charge in [-0.2, -0.15) is 0 Å². The van der Waals surface area contributed by atoms with Gasteiger partial charge in [0.25, 0.3) is 0 Å². The molecule has 18 aromatic rings. The van der Waals surface area contributed by atoms with Crippen molar-refractivity contribution in [3.05, 3.63) is 338 Å². The van der Waals surface area contributed by atoms with E-state index in [1.165, 1.54) is 0 Å². The molecule has 88 heavy (non-hydrogen) atoms. The van der Waals surface area contributed by atoms with Gasteiger partial charge in [0, 0.05) is 0 Å². The van der Waals surface area contributed by atoms with E-state index < -0.39 is 513 Å². The molecule has 18 rings (SSSR count). The summed E-state index contributed by atoms with van der Waals surface area (Å²) in [6, 6.07) is -53.9. The molecule has 0 N–H and O–H groups in total. The van der Waals surface area contributed by atoms with Crippen molar-refractivity contribution in [1.82, 2.24) is 0 Å². The van der Waals surface area contributed by atoms with E-state index in [1.54, 1.807) is 0 Å². The van der Waals surface area contributed by atoms with Crippen molar-refractivity contribution in [1.29, 1.82) is 0 Å². The average molecular weight is 1170 g/mol. The molecule has 0 aromatic heterocycles. The Kier molecular flexibility index (Phi) is 4.78. The normalized spacial score (nSPS) is 20.5. The molecule has 0 heteroatoms. The molecule has 0 spiro atoms. The second-order valence-corrected chi connectivity index (χ2v) is 19.0. The van der Waals surface area contributed by atoms with Gasteiger partial charge in [-0.3, -0.25) is 0 Å². The molecular formula is C88H56. The van der Waals surface area contributed by atoms with Crippen LogP contribution in [0.3, 0.4) is 0 Å². The van der Waals surface area contributed by atoms with Crippen molar-refractivity contribution < 1.29 is 76.8 Å². The van der Waals surface area contributed by atoms with E-state index in [9.17, 15) is 27.4 Å². The molecule has 0 saturated heterocycles. The lowest BCUT2D eigenvalue weighted by atomic mass is 9.83. The Labute approximate surface area is 589 Å². The summed E-state index contributed by atoms with van der Waals surface area (Å²) < 4.78 is 504. The Morgan fingerprint density at radius 2 is 0.352 bits per heavy atom. The fraction of sp³-hybridized carbons (Fsp3) is 0. The lowest BCUT2D eigenvalue weighted by Crippen LogP contribution is -1.93. The van der Waals surface area contributed by atoms with Gasteiger partial charge in [0.1, 0.15) is 0 Å². The van der Waals surface area contributed by atoms with Crippen LogP contribution < -0.4 is 0 Å². The van der Waals surface area contributed by atoms with E-state index in [-0.39, 0.29) is 0 Å². The zero-order valence-electron chi connectivity index (χ0n) is 100. The summed E-state index contributed by atoms with van der Waals surface area (Å²) in [7, 11) is 0. The predicted molar refractivity (Wildman–Crippen MR) is 381 cm³/mol. The van der Waals surface area contributed by atoms with Crippen LogP contribution in [0, 0.1) is 0 Å². The van der Waals surface area contributed by atoms with E-state index in [2.05, 4.69) is 0 Å². The first-order valence-electron chi connectivity index (χ1n) is 54.0. The Morgan fingerprint density at radius 3 is 0.670 bits per heavy atom. The van der Waals surface area contributed by atoms with Crippen molar-refractivity contribution in [2.45, 2.75) is 0 Å². The van der Waals surface area contributed by atoms with Crippen molar-refractivity contribution >= 4 is 108 Å². The van der Waals surface area contributed by atoms with Gasteiger partial charge in [0.05, 0.1) is 76.8 Å². The van der Waals surface area contributed by atoms with Crippen LogP contribution in [0.4, 0.5) is 0 Å². The third-order valence-electron chi connectivity index (χ3n) is 14.4. The molecule has 0 heterocycles. The first kappa shape index (κ1) is 19.8. The monoisotopic (exact) mass is 1170 g/mol. The molecule has 0 nitrogen and oxygen atoms in total. The van der Waals surface area contributed by atoms with Crippen LogP contribution in [0.25, 0.3) is 174 Å². The van der Waals surface area contributed by atoms with Gasteiger partial charge < -0.3 is 0 Å². The second kappa shape index (κ2) is 21.3. The highest BCUT2D eigenvalue weighted by atomic mass is 14.3. The molecule has 0 unspecified atom stereocenters. The van der Waals surface area contributed by atoms with Crippen LogP contribution >= 0.6 is 0 Å². The molecule has 0 bridgehead atoms. The van der Waals surface area contributed by atoms with Crippen LogP contribution in [0.2, 0.25) is 0 Å². The van der Waals surface area contributed by atoms with E-state index in [1.807, 2.05) is 0 Å². The molecule has 0 fully saturated rings. The highest BCUT2D eigenvalue weighted by molar-refractivity contribution is 6.28. The van der Waals surface area contributed by atoms with Gasteiger partial charge in [-0.15, -0.1) is 0 Å². The van der Waals surface area contributed by atoms with Crippen LogP contribution in [-0.4, -0.2) is 0 Å². The first-order valence-corrected chi connectivity index (χ1v) is 26.0. The minimum atomic E-state index is -1.12. The number of benzene rings is 18. The second-order valence-electron chi connectivity index (χ2n) is 19.0. The Balaban J connectivity index is 0.000000198. The first-order chi connectivity index (χ1) is 67.0. The third-order valence-corrected chi connectivity index (χ3v) is 14.4. The van der Waals surface area contributed by atoms with Gasteiger partial charge >= 0.3 is 0 Å². The summed E-state index contributed by atoms with van der Waals surface area (Å²) in [4.78, 5) is 0. The standard InChI is InChI=1S/2C44H28/c2*1-2-14-31-28-32(25-24-29(31)12-1)34-26-27-42(36-18-6-5-17-35(34)36)44-40-21-9-7-19-38(40)43(39-20-8-10-22-41(39)44)37-23-11-15-30-13-3-4-16-33(30)37/h2*1-28H/i2*1D,2D,3D,4D,5D,6D,7D,8D,9D,10D,11D,12D,13D,14D,15D,16D,17D,18D,19D,20D,21D,22D,23D,24D,25D,26D,27D,28D. The molecule has 0 saturated carbocycles. The van der Waals surface area contributed by atoms with E-state index >= 15 is 0 Å². The van der Waals surface area contributed by atoms with Gasteiger partial charge in [-0.1, -0.05) is 326 Å². The van der Waals surface area contributed by atoms with Gasteiger partial charge in [0.2, 0.25) is 0 Å². The average Bonchev–Trinajstić information content (AvgIpc) is 0.676. The molecule has 0 aliphatic carbocycles. The number of hydrogen-bond donors (Lipinski definition) is 0. The van der Waals surface area contributed by atoms with E-state index in [4.69, 9.17) is 49.3 Å².